The smallest absolute Gasteiger partial charge is 0.242 e. The number of nitrogens with one attached hydrogen (secondary N) is 1. The molecule has 0 aromatic heterocycles. The number of rotatable bonds is 9. The van der Waals surface area contributed by atoms with Gasteiger partial charge in [0.1, 0.15) is 11.8 Å². The van der Waals surface area contributed by atoms with E-state index in [9.17, 15) is 9.59 Å². The number of nitrogens with zero attached hydrogens (tertiary/aromatic N) is 1. The van der Waals surface area contributed by atoms with Crippen LogP contribution in [0.4, 0.5) is 0 Å². The van der Waals surface area contributed by atoms with E-state index < -0.39 is 6.04 Å². The van der Waals surface area contributed by atoms with Crippen LogP contribution in [-0.2, 0) is 29.0 Å². The molecule has 0 aliphatic carbocycles. The van der Waals surface area contributed by atoms with Crippen molar-refractivity contribution in [3.8, 4) is 5.75 Å². The fraction of sp³-hybridized carbons (Fsp3) is 0.259. The van der Waals surface area contributed by atoms with Gasteiger partial charge in [-0.2, -0.15) is 0 Å². The lowest BCUT2D eigenvalue weighted by atomic mass is 10.0. The van der Waals surface area contributed by atoms with Crippen LogP contribution in [0.1, 0.15) is 22.3 Å². The molecule has 0 radical (unpaired) electrons. The van der Waals surface area contributed by atoms with E-state index in [2.05, 4.69) is 5.32 Å². The van der Waals surface area contributed by atoms with E-state index in [1.807, 2.05) is 85.8 Å². The molecule has 166 valence electrons. The minimum atomic E-state index is -0.618. The largest absolute Gasteiger partial charge is 0.497 e. The van der Waals surface area contributed by atoms with Gasteiger partial charge in [-0.05, 0) is 41.3 Å². The standard InChI is InChI=1S/C27H30N2O3/c1-20-9-7-8-12-23(20)19-29(26(30)18-22-13-15-24(32-3)16-14-22)25(27(31)28-2)17-21-10-5-4-6-11-21/h4-16,25H,17-19H2,1-3H3,(H,28,31). The van der Waals surface area contributed by atoms with E-state index in [1.54, 1.807) is 19.1 Å². The number of amides is 2. The van der Waals surface area contributed by atoms with E-state index in [1.165, 1.54) is 0 Å². The van der Waals surface area contributed by atoms with Gasteiger partial charge in [-0.15, -0.1) is 0 Å². The quantitative estimate of drug-likeness (QED) is 0.560. The van der Waals surface area contributed by atoms with Gasteiger partial charge in [0.25, 0.3) is 0 Å². The molecule has 1 N–H and O–H groups in total. The molecule has 0 saturated carbocycles. The van der Waals surface area contributed by atoms with Gasteiger partial charge in [-0.25, -0.2) is 0 Å². The van der Waals surface area contributed by atoms with Crippen molar-refractivity contribution >= 4 is 11.8 Å². The predicted octanol–water partition coefficient (Wildman–Crippen LogP) is 3.93. The average Bonchev–Trinajstić information content (AvgIpc) is 2.83. The minimum absolute atomic E-state index is 0.0945. The summed E-state index contributed by atoms with van der Waals surface area (Å²) in [4.78, 5) is 28.2. The number of benzene rings is 3. The van der Waals surface area contributed by atoms with Crippen molar-refractivity contribution in [1.82, 2.24) is 10.2 Å². The molecule has 0 bridgehead atoms. The van der Waals surface area contributed by atoms with Crippen LogP contribution in [0.5, 0.6) is 5.75 Å². The Morgan fingerprint density at radius 2 is 1.56 bits per heavy atom. The second-order valence-corrected chi connectivity index (χ2v) is 7.79. The highest BCUT2D eigenvalue weighted by Crippen LogP contribution is 2.19. The Morgan fingerprint density at radius 3 is 2.19 bits per heavy atom. The molecule has 1 atom stereocenters. The Kier molecular flexibility index (Phi) is 8.03. The molecule has 0 heterocycles. The Bertz CT molecular complexity index is 1030. The predicted molar refractivity (Wildman–Crippen MR) is 126 cm³/mol. The molecule has 0 saturated heterocycles. The normalized spacial score (nSPS) is 11.5. The molecule has 0 fully saturated rings. The van der Waals surface area contributed by atoms with Crippen molar-refractivity contribution < 1.29 is 14.3 Å². The first-order chi connectivity index (χ1) is 15.5. The van der Waals surface area contributed by atoms with Crippen molar-refractivity contribution in [2.75, 3.05) is 14.2 Å². The monoisotopic (exact) mass is 430 g/mol. The van der Waals surface area contributed by atoms with Crippen LogP contribution in [0.2, 0.25) is 0 Å². The third kappa shape index (κ3) is 5.97. The van der Waals surface area contributed by atoms with Crippen LogP contribution in [0.15, 0.2) is 78.9 Å². The third-order valence-corrected chi connectivity index (χ3v) is 5.63. The van der Waals surface area contributed by atoms with Crippen molar-refractivity contribution in [1.29, 1.82) is 0 Å². The van der Waals surface area contributed by atoms with Crippen molar-refractivity contribution in [3.63, 3.8) is 0 Å². The van der Waals surface area contributed by atoms with Gasteiger partial charge in [0.05, 0.1) is 13.5 Å². The maximum absolute atomic E-state index is 13.5. The highest BCUT2D eigenvalue weighted by atomic mass is 16.5. The number of carbonyl (C=O) groups is 2. The van der Waals surface area contributed by atoms with Crippen LogP contribution in [-0.4, -0.2) is 36.9 Å². The first-order valence-corrected chi connectivity index (χ1v) is 10.7. The number of hydrogen-bond donors (Lipinski definition) is 1. The number of methoxy groups -OCH3 is 1. The summed E-state index contributed by atoms with van der Waals surface area (Å²) in [5.41, 5.74) is 4.00. The van der Waals surface area contributed by atoms with Gasteiger partial charge in [-0.3, -0.25) is 9.59 Å². The van der Waals surface area contributed by atoms with Gasteiger partial charge in [0.2, 0.25) is 11.8 Å². The van der Waals surface area contributed by atoms with Crippen molar-refractivity contribution in [3.05, 3.63) is 101 Å². The average molecular weight is 431 g/mol. The Morgan fingerprint density at radius 1 is 0.906 bits per heavy atom. The molecule has 0 aliphatic heterocycles. The number of carbonyl (C=O) groups excluding carboxylic acids is 2. The molecule has 3 aromatic carbocycles. The second kappa shape index (κ2) is 11.1. The van der Waals surface area contributed by atoms with Gasteiger partial charge in [-0.1, -0.05) is 66.7 Å². The van der Waals surface area contributed by atoms with Crippen molar-refractivity contribution in [2.45, 2.75) is 32.4 Å². The molecule has 0 spiro atoms. The lowest BCUT2D eigenvalue weighted by molar-refractivity contribution is -0.140. The number of ether oxygens (including phenoxy) is 1. The summed E-state index contributed by atoms with van der Waals surface area (Å²) in [7, 11) is 3.22. The van der Waals surface area contributed by atoms with Crippen molar-refractivity contribution in [2.24, 2.45) is 0 Å². The van der Waals surface area contributed by atoms with E-state index in [4.69, 9.17) is 4.74 Å². The van der Waals surface area contributed by atoms with Gasteiger partial charge >= 0.3 is 0 Å². The van der Waals surface area contributed by atoms with E-state index in [-0.39, 0.29) is 18.2 Å². The number of likely N-dealkylation sites (N-methyl/N-ethyl adjacent to an activating group) is 1. The summed E-state index contributed by atoms with van der Waals surface area (Å²) in [6.45, 7) is 2.39. The zero-order chi connectivity index (χ0) is 22.9. The van der Waals surface area contributed by atoms with E-state index in [0.29, 0.717) is 13.0 Å². The molecular formula is C27H30N2O3. The SMILES string of the molecule is CNC(=O)C(Cc1ccccc1)N(Cc1ccccc1C)C(=O)Cc1ccc(OC)cc1. The summed E-state index contributed by atoms with van der Waals surface area (Å²) in [6.07, 6.45) is 0.652. The van der Waals surface area contributed by atoms with Gasteiger partial charge in [0.15, 0.2) is 0 Å². The molecule has 3 aromatic rings. The summed E-state index contributed by atoms with van der Waals surface area (Å²) >= 11 is 0. The molecule has 32 heavy (non-hydrogen) atoms. The van der Waals surface area contributed by atoms with E-state index >= 15 is 0 Å². The van der Waals surface area contributed by atoms with Crippen LogP contribution in [0.25, 0.3) is 0 Å². The van der Waals surface area contributed by atoms with Crippen LogP contribution in [0.3, 0.4) is 0 Å². The topological polar surface area (TPSA) is 58.6 Å². The van der Waals surface area contributed by atoms with Crippen LogP contribution in [0, 0.1) is 6.92 Å². The molecule has 1 unspecified atom stereocenters. The lowest BCUT2D eigenvalue weighted by Crippen LogP contribution is -2.50. The van der Waals surface area contributed by atoms with Crippen LogP contribution < -0.4 is 10.1 Å². The van der Waals surface area contributed by atoms with Gasteiger partial charge in [0, 0.05) is 20.0 Å². The molecule has 2 amide bonds. The zero-order valence-electron chi connectivity index (χ0n) is 18.9. The summed E-state index contributed by atoms with van der Waals surface area (Å²) < 4.78 is 5.22. The molecule has 0 aliphatic rings. The van der Waals surface area contributed by atoms with E-state index in [0.717, 1.165) is 28.0 Å². The highest BCUT2D eigenvalue weighted by molar-refractivity contribution is 5.88. The number of aryl methyl sites for hydroxylation is 1. The summed E-state index contributed by atoms with van der Waals surface area (Å²) in [6, 6.07) is 24.6. The lowest BCUT2D eigenvalue weighted by Gasteiger charge is -2.31. The second-order valence-electron chi connectivity index (χ2n) is 7.79. The fourth-order valence-corrected chi connectivity index (χ4v) is 3.71. The summed E-state index contributed by atoms with van der Waals surface area (Å²) in [5, 5.41) is 2.75. The maximum atomic E-state index is 13.5. The molecular weight excluding hydrogens is 400 g/mol. The van der Waals surface area contributed by atoms with Crippen LogP contribution >= 0.6 is 0 Å². The Balaban J connectivity index is 1.93. The summed E-state index contributed by atoms with van der Waals surface area (Å²) in [5.74, 6) is 0.471. The molecule has 5 nitrogen and oxygen atoms in total. The number of hydrogen-bond acceptors (Lipinski definition) is 3. The maximum Gasteiger partial charge on any atom is 0.242 e. The molecule has 5 heteroatoms. The Hall–Kier alpha value is -3.60. The first-order valence-electron chi connectivity index (χ1n) is 10.7. The third-order valence-electron chi connectivity index (χ3n) is 5.63. The minimum Gasteiger partial charge on any atom is -0.497 e. The van der Waals surface area contributed by atoms with Gasteiger partial charge < -0.3 is 15.0 Å². The zero-order valence-corrected chi connectivity index (χ0v) is 18.9. The fourth-order valence-electron chi connectivity index (χ4n) is 3.71. The highest BCUT2D eigenvalue weighted by Gasteiger charge is 2.30. The first kappa shape index (κ1) is 23.1. The molecule has 3 rings (SSSR count). The Labute approximate surface area is 190 Å².